The second-order valence-electron chi connectivity index (χ2n) is 6.95. The van der Waals surface area contributed by atoms with Crippen LogP contribution in [0, 0.1) is 0 Å². The highest BCUT2D eigenvalue weighted by Crippen LogP contribution is 2.31. The summed E-state index contributed by atoms with van der Waals surface area (Å²) in [5.41, 5.74) is 1.66. The highest BCUT2D eigenvalue weighted by molar-refractivity contribution is 7.21. The van der Waals surface area contributed by atoms with Crippen LogP contribution in [0.2, 0.25) is 0 Å². The molecule has 5 heteroatoms. The van der Waals surface area contributed by atoms with E-state index in [4.69, 9.17) is 4.74 Å². The van der Waals surface area contributed by atoms with Crippen LogP contribution in [0.5, 0.6) is 5.75 Å². The molecule has 0 aliphatic rings. The molecule has 4 rings (SSSR count). The normalized spacial score (nSPS) is 11.4. The van der Waals surface area contributed by atoms with Gasteiger partial charge < -0.3 is 10.1 Å². The minimum atomic E-state index is -1.01. The Kier molecular flexibility index (Phi) is 4.84. The van der Waals surface area contributed by atoms with Crippen molar-refractivity contribution in [2.75, 3.05) is 5.32 Å². The van der Waals surface area contributed by atoms with Crippen LogP contribution in [0.25, 0.3) is 20.8 Å². The fraction of sp³-hybridized carbons (Fsp3) is 0.130. The lowest BCUT2D eigenvalue weighted by atomic mass is 10.1. The molecule has 0 spiro atoms. The quantitative estimate of drug-likeness (QED) is 0.473. The van der Waals surface area contributed by atoms with Crippen LogP contribution in [0.1, 0.15) is 13.8 Å². The average Bonchev–Trinajstić information content (AvgIpc) is 3.13. The van der Waals surface area contributed by atoms with Crippen molar-refractivity contribution in [2.45, 2.75) is 19.4 Å². The van der Waals surface area contributed by atoms with Gasteiger partial charge in [0.05, 0.1) is 10.2 Å². The Balaban J connectivity index is 1.53. The Labute approximate surface area is 167 Å². The van der Waals surface area contributed by atoms with Gasteiger partial charge >= 0.3 is 0 Å². The third-order valence-corrected chi connectivity index (χ3v) is 5.41. The number of thiazole rings is 1. The highest BCUT2D eigenvalue weighted by atomic mass is 32.1. The summed E-state index contributed by atoms with van der Waals surface area (Å²) in [5, 5.41) is 3.89. The van der Waals surface area contributed by atoms with E-state index in [0.29, 0.717) is 11.4 Å². The Bertz CT molecular complexity index is 1090. The van der Waals surface area contributed by atoms with Crippen molar-refractivity contribution in [1.82, 2.24) is 4.98 Å². The van der Waals surface area contributed by atoms with E-state index in [0.717, 1.165) is 20.8 Å². The molecule has 28 heavy (non-hydrogen) atoms. The summed E-state index contributed by atoms with van der Waals surface area (Å²) in [7, 11) is 0. The lowest BCUT2D eigenvalue weighted by Crippen LogP contribution is -2.42. The van der Waals surface area contributed by atoms with E-state index in [2.05, 4.69) is 16.4 Å². The second-order valence-corrected chi connectivity index (χ2v) is 7.98. The van der Waals surface area contributed by atoms with E-state index in [1.54, 1.807) is 25.2 Å². The van der Waals surface area contributed by atoms with Crippen molar-refractivity contribution in [2.24, 2.45) is 0 Å². The minimum Gasteiger partial charge on any atom is -0.478 e. The van der Waals surface area contributed by atoms with Gasteiger partial charge in [0.1, 0.15) is 10.8 Å². The predicted molar refractivity (Wildman–Crippen MR) is 115 cm³/mol. The number of benzene rings is 3. The van der Waals surface area contributed by atoms with Crippen molar-refractivity contribution < 1.29 is 9.53 Å². The highest BCUT2D eigenvalue weighted by Gasteiger charge is 2.30. The van der Waals surface area contributed by atoms with Gasteiger partial charge in [0.25, 0.3) is 5.91 Å². The van der Waals surface area contributed by atoms with Gasteiger partial charge in [-0.05, 0) is 50.2 Å². The van der Waals surface area contributed by atoms with Gasteiger partial charge in [-0.15, -0.1) is 11.3 Å². The zero-order chi connectivity index (χ0) is 19.6. The van der Waals surface area contributed by atoms with Crippen LogP contribution in [-0.4, -0.2) is 16.5 Å². The molecule has 0 atom stereocenters. The van der Waals surface area contributed by atoms with Crippen molar-refractivity contribution in [3.05, 3.63) is 78.9 Å². The molecular formula is C23H20N2O2S. The maximum Gasteiger partial charge on any atom is 0.267 e. The average molecular weight is 388 g/mol. The molecule has 140 valence electrons. The van der Waals surface area contributed by atoms with E-state index < -0.39 is 5.60 Å². The number of aromatic nitrogens is 1. The van der Waals surface area contributed by atoms with Gasteiger partial charge in [-0.1, -0.05) is 42.5 Å². The molecule has 0 fully saturated rings. The summed E-state index contributed by atoms with van der Waals surface area (Å²) in [4.78, 5) is 17.5. The first-order valence-electron chi connectivity index (χ1n) is 9.03. The summed E-state index contributed by atoms with van der Waals surface area (Å²) in [5.74, 6) is 0.448. The molecule has 4 aromatic rings. The number of rotatable bonds is 5. The standard InChI is InChI=1S/C23H20N2O2S/c1-23(2,27-18-11-4-3-5-12-18)22(26)24-17-10-8-9-16(15-17)21-25-19-13-6-7-14-20(19)28-21/h3-15H,1-2H3,(H,24,26). The van der Waals surface area contributed by atoms with E-state index in [-0.39, 0.29) is 5.91 Å². The smallest absolute Gasteiger partial charge is 0.267 e. The third kappa shape index (κ3) is 3.89. The maximum absolute atomic E-state index is 12.8. The number of hydrogen-bond acceptors (Lipinski definition) is 4. The van der Waals surface area contributed by atoms with E-state index in [1.165, 1.54) is 0 Å². The van der Waals surface area contributed by atoms with Gasteiger partial charge in [0.2, 0.25) is 0 Å². The minimum absolute atomic E-state index is 0.210. The lowest BCUT2D eigenvalue weighted by molar-refractivity contribution is -0.128. The predicted octanol–water partition coefficient (Wildman–Crippen LogP) is 5.76. The topological polar surface area (TPSA) is 51.2 Å². The monoisotopic (exact) mass is 388 g/mol. The number of anilines is 1. The second kappa shape index (κ2) is 7.44. The fourth-order valence-corrected chi connectivity index (χ4v) is 3.80. The van der Waals surface area contributed by atoms with Crippen molar-refractivity contribution >= 4 is 33.1 Å². The molecule has 1 N–H and O–H groups in total. The molecule has 0 bridgehead atoms. The Morgan fingerprint density at radius 2 is 1.71 bits per heavy atom. The molecule has 0 aliphatic carbocycles. The van der Waals surface area contributed by atoms with Crippen molar-refractivity contribution in [3.63, 3.8) is 0 Å². The zero-order valence-corrected chi connectivity index (χ0v) is 16.5. The number of carbonyl (C=O) groups is 1. The molecule has 1 amide bonds. The van der Waals surface area contributed by atoms with E-state index in [1.807, 2.05) is 72.8 Å². The number of nitrogens with zero attached hydrogens (tertiary/aromatic N) is 1. The molecular weight excluding hydrogens is 368 g/mol. The van der Waals surface area contributed by atoms with Crippen LogP contribution >= 0.6 is 11.3 Å². The van der Waals surface area contributed by atoms with Gasteiger partial charge in [0, 0.05) is 11.3 Å². The molecule has 1 aromatic heterocycles. The van der Waals surface area contributed by atoms with Gasteiger partial charge in [-0.2, -0.15) is 0 Å². The van der Waals surface area contributed by atoms with Gasteiger partial charge in [-0.25, -0.2) is 4.98 Å². The first-order chi connectivity index (χ1) is 13.5. The van der Waals surface area contributed by atoms with Gasteiger partial charge in [-0.3, -0.25) is 4.79 Å². The summed E-state index contributed by atoms with van der Waals surface area (Å²) in [6.45, 7) is 3.51. The number of carbonyl (C=O) groups excluding carboxylic acids is 1. The largest absolute Gasteiger partial charge is 0.478 e. The van der Waals surface area contributed by atoms with Crippen LogP contribution < -0.4 is 10.1 Å². The fourth-order valence-electron chi connectivity index (χ4n) is 2.84. The molecule has 0 unspecified atom stereocenters. The maximum atomic E-state index is 12.8. The number of fused-ring (bicyclic) bond motifs is 1. The summed E-state index contributed by atoms with van der Waals surface area (Å²) in [6, 6.07) is 25.1. The molecule has 3 aromatic carbocycles. The first kappa shape index (κ1) is 18.2. The lowest BCUT2D eigenvalue weighted by Gasteiger charge is -2.25. The molecule has 0 saturated heterocycles. The van der Waals surface area contributed by atoms with E-state index in [9.17, 15) is 4.79 Å². The first-order valence-corrected chi connectivity index (χ1v) is 9.84. The number of ether oxygens (including phenoxy) is 1. The molecule has 0 aliphatic heterocycles. The van der Waals surface area contributed by atoms with Crippen LogP contribution in [0.4, 0.5) is 5.69 Å². The summed E-state index contributed by atoms with van der Waals surface area (Å²) in [6.07, 6.45) is 0. The van der Waals surface area contributed by atoms with Crippen LogP contribution in [0.15, 0.2) is 78.9 Å². The summed E-state index contributed by atoms with van der Waals surface area (Å²) >= 11 is 1.64. The van der Waals surface area contributed by atoms with Crippen molar-refractivity contribution in [3.8, 4) is 16.3 Å². The molecule has 0 saturated carbocycles. The summed E-state index contributed by atoms with van der Waals surface area (Å²) < 4.78 is 7.01. The number of amides is 1. The van der Waals surface area contributed by atoms with Crippen LogP contribution in [0.3, 0.4) is 0 Å². The van der Waals surface area contributed by atoms with Crippen LogP contribution in [-0.2, 0) is 4.79 Å². The Hall–Kier alpha value is -3.18. The zero-order valence-electron chi connectivity index (χ0n) is 15.7. The Morgan fingerprint density at radius 3 is 2.50 bits per heavy atom. The number of para-hydroxylation sites is 2. The Morgan fingerprint density at radius 1 is 0.964 bits per heavy atom. The number of hydrogen-bond donors (Lipinski definition) is 1. The third-order valence-electron chi connectivity index (χ3n) is 4.32. The molecule has 1 heterocycles. The molecule has 4 nitrogen and oxygen atoms in total. The van der Waals surface area contributed by atoms with Gasteiger partial charge in [0.15, 0.2) is 5.60 Å². The SMILES string of the molecule is CC(C)(Oc1ccccc1)C(=O)Nc1cccc(-c2nc3ccccc3s2)c1. The van der Waals surface area contributed by atoms with Crippen molar-refractivity contribution in [1.29, 1.82) is 0 Å². The number of nitrogens with one attached hydrogen (secondary N) is 1. The van der Waals surface area contributed by atoms with E-state index >= 15 is 0 Å². The molecule has 0 radical (unpaired) electrons.